The van der Waals surface area contributed by atoms with Crippen LogP contribution in [0.5, 0.6) is 11.5 Å². The van der Waals surface area contributed by atoms with Crippen LogP contribution in [0.3, 0.4) is 0 Å². The molecule has 0 amide bonds. The van der Waals surface area contributed by atoms with Crippen molar-refractivity contribution in [2.45, 2.75) is 13.0 Å². The Morgan fingerprint density at radius 2 is 1.80 bits per heavy atom. The first-order chi connectivity index (χ1) is 20.1. The molecule has 2 aromatic heterocycles. The number of hydrogen-bond acceptors (Lipinski definition) is 7. The fourth-order valence-corrected chi connectivity index (χ4v) is 4.45. The number of pyridine rings is 1. The second-order valence-electron chi connectivity index (χ2n) is 9.71. The van der Waals surface area contributed by atoms with E-state index in [1.165, 1.54) is 12.2 Å². The maximum absolute atomic E-state index is 12.6. The van der Waals surface area contributed by atoms with Crippen molar-refractivity contribution in [1.29, 1.82) is 0 Å². The highest BCUT2D eigenvalue weighted by molar-refractivity contribution is 6.11. The fraction of sp³-hybridized carbons (Fsp3) is 0.242. The topological polar surface area (TPSA) is 93.8 Å². The SMILES string of the molecule is O=C(C=Cc1ccc2cc[nH]c2c1)CC(=O)C=Cc1ccc(OCc2ccccn2)cc1OCCN1CCOCC1. The lowest BCUT2D eigenvalue weighted by atomic mass is 10.1. The van der Waals surface area contributed by atoms with E-state index in [1.54, 1.807) is 18.3 Å². The molecule has 0 atom stereocenters. The minimum atomic E-state index is -0.283. The van der Waals surface area contributed by atoms with Crippen LogP contribution in [-0.4, -0.2) is 65.9 Å². The van der Waals surface area contributed by atoms with E-state index in [4.69, 9.17) is 14.2 Å². The molecule has 0 unspecified atom stereocenters. The number of carbonyl (C=O) groups excluding carboxylic acids is 2. The number of allylic oxidation sites excluding steroid dienone is 2. The minimum absolute atomic E-state index is 0.212. The van der Waals surface area contributed by atoms with Gasteiger partial charge in [-0.3, -0.25) is 19.5 Å². The van der Waals surface area contributed by atoms with Gasteiger partial charge in [-0.15, -0.1) is 0 Å². The number of aromatic nitrogens is 2. The average molecular weight is 552 g/mol. The lowest BCUT2D eigenvalue weighted by molar-refractivity contribution is -0.121. The van der Waals surface area contributed by atoms with E-state index in [1.807, 2.05) is 66.9 Å². The first kappa shape index (κ1) is 28.0. The zero-order chi connectivity index (χ0) is 28.3. The summed E-state index contributed by atoms with van der Waals surface area (Å²) in [5.74, 6) is 0.700. The number of H-pyrrole nitrogens is 1. The summed E-state index contributed by atoms with van der Waals surface area (Å²) in [5.41, 5.74) is 3.43. The standard InChI is InChI=1S/C33H33N3O5/c37-29(9-5-25-4-6-26-12-14-35-32(26)21-25)22-30(38)10-7-27-8-11-31(41-24-28-3-1-2-13-34-28)23-33(27)40-20-17-36-15-18-39-19-16-36/h1-14,21,23,35H,15-20,22,24H2. The fourth-order valence-electron chi connectivity index (χ4n) is 4.45. The number of carbonyl (C=O) groups is 2. The molecule has 3 heterocycles. The smallest absolute Gasteiger partial charge is 0.163 e. The molecule has 0 spiro atoms. The molecule has 1 N–H and O–H groups in total. The van der Waals surface area contributed by atoms with Crippen molar-refractivity contribution in [3.63, 3.8) is 0 Å². The zero-order valence-electron chi connectivity index (χ0n) is 22.8. The van der Waals surface area contributed by atoms with Crippen molar-refractivity contribution in [2.75, 3.05) is 39.5 Å². The summed E-state index contributed by atoms with van der Waals surface area (Å²) in [6.45, 7) is 4.78. The van der Waals surface area contributed by atoms with Gasteiger partial charge in [-0.05, 0) is 65.6 Å². The van der Waals surface area contributed by atoms with Crippen molar-refractivity contribution in [3.8, 4) is 11.5 Å². The summed E-state index contributed by atoms with van der Waals surface area (Å²) in [5, 5.41) is 1.10. The monoisotopic (exact) mass is 551 g/mol. The number of ketones is 2. The van der Waals surface area contributed by atoms with E-state index >= 15 is 0 Å². The quantitative estimate of drug-likeness (QED) is 0.182. The number of aromatic amines is 1. The summed E-state index contributed by atoms with van der Waals surface area (Å²) >= 11 is 0. The molecular weight excluding hydrogens is 518 g/mol. The Morgan fingerprint density at radius 1 is 0.951 bits per heavy atom. The van der Waals surface area contributed by atoms with E-state index < -0.39 is 0 Å². The van der Waals surface area contributed by atoms with Gasteiger partial charge in [0.15, 0.2) is 11.6 Å². The number of nitrogens with zero attached hydrogens (tertiary/aromatic N) is 2. The van der Waals surface area contributed by atoms with Gasteiger partial charge in [0, 0.05) is 49.2 Å². The lowest BCUT2D eigenvalue weighted by Gasteiger charge is -2.26. The third-order valence-corrected chi connectivity index (χ3v) is 6.70. The van der Waals surface area contributed by atoms with E-state index in [0.29, 0.717) is 24.7 Å². The second-order valence-corrected chi connectivity index (χ2v) is 9.71. The number of benzene rings is 2. The molecule has 8 nitrogen and oxygen atoms in total. The van der Waals surface area contributed by atoms with Crippen LogP contribution in [0.2, 0.25) is 0 Å². The van der Waals surface area contributed by atoms with Gasteiger partial charge in [-0.1, -0.05) is 24.3 Å². The largest absolute Gasteiger partial charge is 0.491 e. The number of nitrogens with one attached hydrogen (secondary N) is 1. The third-order valence-electron chi connectivity index (χ3n) is 6.70. The second kappa shape index (κ2) is 14.2. The molecule has 1 aliphatic rings. The van der Waals surface area contributed by atoms with Gasteiger partial charge in [-0.2, -0.15) is 0 Å². The Labute approximate surface area is 239 Å². The first-order valence-corrected chi connectivity index (χ1v) is 13.7. The third kappa shape index (κ3) is 8.48. The number of morpholine rings is 1. The summed E-state index contributed by atoms with van der Waals surface area (Å²) < 4.78 is 17.5. The van der Waals surface area contributed by atoms with Crippen molar-refractivity contribution in [2.24, 2.45) is 0 Å². The Morgan fingerprint density at radius 3 is 2.63 bits per heavy atom. The van der Waals surface area contributed by atoms with Crippen molar-refractivity contribution in [1.82, 2.24) is 14.9 Å². The van der Waals surface area contributed by atoms with Crippen LogP contribution in [-0.2, 0) is 20.9 Å². The van der Waals surface area contributed by atoms with Gasteiger partial charge in [0.2, 0.25) is 0 Å². The number of hydrogen-bond donors (Lipinski definition) is 1. The van der Waals surface area contributed by atoms with Crippen molar-refractivity contribution < 1.29 is 23.8 Å². The zero-order valence-corrected chi connectivity index (χ0v) is 22.8. The predicted octanol–water partition coefficient (Wildman–Crippen LogP) is 5.11. The molecular formula is C33H33N3O5. The van der Waals surface area contributed by atoms with Gasteiger partial charge in [0.05, 0.1) is 25.3 Å². The molecule has 1 fully saturated rings. The number of ether oxygens (including phenoxy) is 3. The summed E-state index contributed by atoms with van der Waals surface area (Å²) in [7, 11) is 0. The molecule has 0 bridgehead atoms. The minimum Gasteiger partial charge on any atom is -0.491 e. The van der Waals surface area contributed by atoms with Gasteiger partial charge >= 0.3 is 0 Å². The van der Waals surface area contributed by atoms with Gasteiger partial charge in [0.25, 0.3) is 0 Å². The molecule has 1 saturated heterocycles. The van der Waals surface area contributed by atoms with E-state index in [9.17, 15) is 9.59 Å². The van der Waals surface area contributed by atoms with Gasteiger partial charge in [0.1, 0.15) is 24.7 Å². The normalized spacial score (nSPS) is 14.1. The number of fused-ring (bicyclic) bond motifs is 1. The van der Waals surface area contributed by atoms with Crippen LogP contribution in [0.4, 0.5) is 0 Å². The summed E-state index contributed by atoms with van der Waals surface area (Å²) in [4.78, 5) is 34.8. The summed E-state index contributed by atoms with van der Waals surface area (Å²) in [6.07, 6.45) is 9.67. The molecule has 0 saturated carbocycles. The number of rotatable bonds is 13. The Hall–Kier alpha value is -4.53. The molecule has 2 aromatic carbocycles. The first-order valence-electron chi connectivity index (χ1n) is 13.7. The van der Waals surface area contributed by atoms with Crippen molar-refractivity contribution in [3.05, 3.63) is 102 Å². The Balaban J connectivity index is 1.20. The molecule has 5 rings (SSSR count). The molecule has 0 radical (unpaired) electrons. The van der Waals surface area contributed by atoms with E-state index in [0.717, 1.165) is 60.6 Å². The van der Waals surface area contributed by atoms with Gasteiger partial charge < -0.3 is 19.2 Å². The average Bonchev–Trinajstić information content (AvgIpc) is 3.48. The molecule has 210 valence electrons. The molecule has 4 aromatic rings. The maximum atomic E-state index is 12.6. The maximum Gasteiger partial charge on any atom is 0.163 e. The van der Waals surface area contributed by atoms with E-state index in [2.05, 4.69) is 14.9 Å². The highest BCUT2D eigenvalue weighted by Crippen LogP contribution is 2.27. The summed E-state index contributed by atoms with van der Waals surface area (Å²) in [6, 6.07) is 19.1. The van der Waals surface area contributed by atoms with Crippen molar-refractivity contribution >= 4 is 34.6 Å². The lowest BCUT2D eigenvalue weighted by Crippen LogP contribution is -2.38. The molecule has 41 heavy (non-hydrogen) atoms. The molecule has 8 heteroatoms. The van der Waals surface area contributed by atoms with Crippen LogP contribution in [0.1, 0.15) is 23.2 Å². The van der Waals surface area contributed by atoms with Crippen LogP contribution in [0, 0.1) is 0 Å². The predicted molar refractivity (Wildman–Crippen MR) is 159 cm³/mol. The van der Waals surface area contributed by atoms with Crippen LogP contribution < -0.4 is 9.47 Å². The highest BCUT2D eigenvalue weighted by atomic mass is 16.5. The van der Waals surface area contributed by atoms with Crippen LogP contribution in [0.15, 0.2) is 85.2 Å². The van der Waals surface area contributed by atoms with Gasteiger partial charge in [-0.25, -0.2) is 0 Å². The highest BCUT2D eigenvalue weighted by Gasteiger charge is 2.12. The molecule has 0 aliphatic carbocycles. The Bertz CT molecular complexity index is 1520. The van der Waals surface area contributed by atoms with E-state index in [-0.39, 0.29) is 18.0 Å². The Kier molecular flexibility index (Phi) is 9.71. The van der Waals surface area contributed by atoms with Crippen LogP contribution in [0.25, 0.3) is 23.1 Å². The molecule has 1 aliphatic heterocycles. The van der Waals surface area contributed by atoms with Crippen LogP contribution >= 0.6 is 0 Å².